The molecule has 0 bridgehead atoms. The van der Waals surface area contributed by atoms with Gasteiger partial charge < -0.3 is 5.32 Å². The Labute approximate surface area is 172 Å². The number of allylic oxidation sites excluding steroid dienone is 3. The quantitative estimate of drug-likeness (QED) is 0.452. The Kier molecular flexibility index (Phi) is 5.84. The van der Waals surface area contributed by atoms with E-state index in [9.17, 15) is 0 Å². The summed E-state index contributed by atoms with van der Waals surface area (Å²) in [5, 5.41) is 5.21. The molecule has 2 aliphatic carbocycles. The second-order valence-corrected chi connectivity index (χ2v) is 9.04. The Morgan fingerprint density at radius 2 is 2.21 bits per heavy atom. The number of thiophene rings is 1. The summed E-state index contributed by atoms with van der Waals surface area (Å²) < 4.78 is 1.40. The maximum absolute atomic E-state index is 4.19. The molecule has 2 unspecified atom stereocenters. The highest BCUT2D eigenvalue weighted by Crippen LogP contribution is 2.37. The number of rotatable bonds is 6. The number of anilines is 1. The highest BCUT2D eigenvalue weighted by Gasteiger charge is 2.25. The molecule has 1 aromatic heterocycles. The van der Waals surface area contributed by atoms with Crippen LogP contribution in [0.2, 0.25) is 0 Å². The molecule has 0 saturated heterocycles. The Bertz CT molecular complexity index is 947. The normalized spacial score (nSPS) is 21.5. The summed E-state index contributed by atoms with van der Waals surface area (Å²) in [6.45, 7) is 7.14. The molecule has 1 aromatic carbocycles. The van der Waals surface area contributed by atoms with E-state index in [1.807, 2.05) is 18.3 Å². The minimum atomic E-state index is 0.319. The summed E-state index contributed by atoms with van der Waals surface area (Å²) in [7, 11) is 2.22. The minimum Gasteiger partial charge on any atom is -0.377 e. The third-order valence-electron chi connectivity index (χ3n) is 5.77. The average molecular weight is 391 g/mol. The lowest BCUT2D eigenvalue weighted by Gasteiger charge is -2.36. The molecule has 1 N–H and O–H groups in total. The number of nitrogens with zero attached hydrogens (tertiary/aromatic N) is 1. The smallest absolute Gasteiger partial charge is 0.0600 e. The van der Waals surface area contributed by atoms with Crippen molar-refractivity contribution >= 4 is 33.2 Å². The fourth-order valence-electron chi connectivity index (χ4n) is 4.42. The molecule has 0 spiro atoms. The van der Waals surface area contributed by atoms with Crippen molar-refractivity contribution < 1.29 is 0 Å². The number of hydrogen-bond donors (Lipinski definition) is 1. The third-order valence-corrected chi connectivity index (χ3v) is 7.01. The number of aryl methyl sites for hydroxylation is 1. The molecule has 146 valence electrons. The van der Waals surface area contributed by atoms with Gasteiger partial charge in [0.25, 0.3) is 0 Å². The van der Waals surface area contributed by atoms with Crippen LogP contribution >= 0.6 is 11.3 Å². The van der Waals surface area contributed by atoms with Gasteiger partial charge in [0.05, 0.1) is 6.04 Å². The van der Waals surface area contributed by atoms with Gasteiger partial charge >= 0.3 is 0 Å². The van der Waals surface area contributed by atoms with E-state index in [-0.39, 0.29) is 0 Å². The van der Waals surface area contributed by atoms with Gasteiger partial charge in [-0.2, -0.15) is 0 Å². The Balaban J connectivity index is 1.54. The Hall–Kier alpha value is -2.10. The maximum Gasteiger partial charge on any atom is 0.0600 e. The molecule has 0 amide bonds. The summed E-state index contributed by atoms with van der Waals surface area (Å²) >= 11 is 1.95. The second kappa shape index (κ2) is 8.50. The van der Waals surface area contributed by atoms with Gasteiger partial charge in [-0.05, 0) is 69.0 Å². The third kappa shape index (κ3) is 4.01. The fraction of sp³-hybridized carbons (Fsp3) is 0.360. The van der Waals surface area contributed by atoms with E-state index in [0.717, 1.165) is 18.5 Å². The van der Waals surface area contributed by atoms with E-state index in [1.165, 1.54) is 45.5 Å². The van der Waals surface area contributed by atoms with Crippen LogP contribution in [0.3, 0.4) is 0 Å². The van der Waals surface area contributed by atoms with Crippen LogP contribution < -0.4 is 5.32 Å². The van der Waals surface area contributed by atoms with Crippen LogP contribution in [0.1, 0.15) is 36.6 Å². The standard InChI is InChI=1S/C25H30N2S/c1-4-9-18(2)17-27(3)23-12-7-6-11-22(23)26-19-14-15-25-21(16-19)20-10-5-8-13-24(20)28-25/h4-6,9-11,14-16,22-23,26H,2,7-8,12-13,17H2,1,3H3/b9-4-. The van der Waals surface area contributed by atoms with Crippen molar-refractivity contribution in [3.63, 3.8) is 0 Å². The molecule has 28 heavy (non-hydrogen) atoms. The molecule has 2 nitrogen and oxygen atoms in total. The maximum atomic E-state index is 4.19. The predicted octanol–water partition coefficient (Wildman–Crippen LogP) is 6.42. The number of likely N-dealkylation sites (N-methyl/N-ethyl adjacent to an activating group) is 1. The van der Waals surface area contributed by atoms with E-state index in [4.69, 9.17) is 0 Å². The van der Waals surface area contributed by atoms with Crippen molar-refractivity contribution in [2.75, 3.05) is 18.9 Å². The Morgan fingerprint density at radius 3 is 3.07 bits per heavy atom. The van der Waals surface area contributed by atoms with Gasteiger partial charge in [-0.1, -0.05) is 43.0 Å². The largest absolute Gasteiger partial charge is 0.377 e. The first-order valence-corrected chi connectivity index (χ1v) is 11.1. The topological polar surface area (TPSA) is 15.3 Å². The van der Waals surface area contributed by atoms with Crippen LogP contribution in [0.5, 0.6) is 0 Å². The van der Waals surface area contributed by atoms with E-state index in [1.54, 1.807) is 0 Å². The first kappa shape index (κ1) is 19.2. The van der Waals surface area contributed by atoms with Crippen LogP contribution in [0.15, 0.2) is 60.7 Å². The molecular weight excluding hydrogens is 360 g/mol. The first-order valence-electron chi connectivity index (χ1n) is 10.3. The highest BCUT2D eigenvalue weighted by molar-refractivity contribution is 7.19. The van der Waals surface area contributed by atoms with Crippen molar-refractivity contribution in [3.05, 3.63) is 71.2 Å². The molecule has 1 heterocycles. The summed E-state index contributed by atoms with van der Waals surface area (Å²) in [6.07, 6.45) is 18.1. The zero-order chi connectivity index (χ0) is 19.5. The van der Waals surface area contributed by atoms with Crippen LogP contribution in [-0.2, 0) is 6.42 Å². The number of hydrogen-bond acceptors (Lipinski definition) is 3. The first-order chi connectivity index (χ1) is 13.7. The van der Waals surface area contributed by atoms with Gasteiger partial charge in [-0.25, -0.2) is 0 Å². The molecule has 0 saturated carbocycles. The summed E-state index contributed by atoms with van der Waals surface area (Å²) in [5.74, 6) is 0. The van der Waals surface area contributed by atoms with Gasteiger partial charge in [-0.3, -0.25) is 4.90 Å². The SMILES string of the molecule is C=C(/C=C\C)CN(C)C1CCC=CC1Nc1ccc2sc3c(c2c1)C=CCC3. The van der Waals surface area contributed by atoms with Crippen molar-refractivity contribution in [2.24, 2.45) is 0 Å². The van der Waals surface area contributed by atoms with E-state index < -0.39 is 0 Å². The van der Waals surface area contributed by atoms with Crippen molar-refractivity contribution in [2.45, 2.75) is 44.7 Å². The lowest BCUT2D eigenvalue weighted by molar-refractivity contribution is 0.235. The monoisotopic (exact) mass is 390 g/mol. The zero-order valence-electron chi connectivity index (χ0n) is 16.9. The molecule has 0 fully saturated rings. The molecule has 2 aromatic rings. The number of benzene rings is 1. The van der Waals surface area contributed by atoms with Crippen molar-refractivity contribution in [1.29, 1.82) is 0 Å². The minimum absolute atomic E-state index is 0.319. The molecule has 0 aliphatic heterocycles. The van der Waals surface area contributed by atoms with Gasteiger partial charge in [-0.15, -0.1) is 11.3 Å². The highest BCUT2D eigenvalue weighted by atomic mass is 32.1. The molecule has 2 atom stereocenters. The summed E-state index contributed by atoms with van der Waals surface area (Å²) in [5.41, 5.74) is 3.82. The van der Waals surface area contributed by atoms with Gasteiger partial charge in [0.1, 0.15) is 0 Å². The summed E-state index contributed by atoms with van der Waals surface area (Å²) in [6, 6.07) is 7.66. The van der Waals surface area contributed by atoms with Crippen molar-refractivity contribution in [1.82, 2.24) is 4.90 Å². The van der Waals surface area contributed by atoms with E-state index >= 15 is 0 Å². The lowest BCUT2D eigenvalue weighted by atomic mass is 9.94. The predicted molar refractivity (Wildman–Crippen MR) is 125 cm³/mol. The second-order valence-electron chi connectivity index (χ2n) is 7.91. The van der Waals surface area contributed by atoms with Crippen LogP contribution in [0.4, 0.5) is 5.69 Å². The summed E-state index contributed by atoms with van der Waals surface area (Å²) in [4.78, 5) is 3.98. The molecular formula is C25H30N2S. The molecule has 2 aliphatic rings. The molecule has 3 heteroatoms. The van der Waals surface area contributed by atoms with Gasteiger partial charge in [0, 0.05) is 33.2 Å². The molecule has 0 radical (unpaired) electrons. The van der Waals surface area contributed by atoms with Gasteiger partial charge in [0.2, 0.25) is 0 Å². The van der Waals surface area contributed by atoms with Crippen LogP contribution in [0, 0.1) is 0 Å². The Morgan fingerprint density at radius 1 is 1.32 bits per heavy atom. The van der Waals surface area contributed by atoms with Crippen LogP contribution in [-0.4, -0.2) is 30.6 Å². The van der Waals surface area contributed by atoms with Gasteiger partial charge in [0.15, 0.2) is 0 Å². The van der Waals surface area contributed by atoms with Crippen LogP contribution in [0.25, 0.3) is 16.2 Å². The van der Waals surface area contributed by atoms with Crippen molar-refractivity contribution in [3.8, 4) is 0 Å². The average Bonchev–Trinajstić information content (AvgIpc) is 3.06. The number of nitrogens with one attached hydrogen (secondary N) is 1. The van der Waals surface area contributed by atoms with E-state index in [2.05, 4.69) is 78.5 Å². The zero-order valence-corrected chi connectivity index (χ0v) is 17.8. The number of fused-ring (bicyclic) bond motifs is 3. The lowest BCUT2D eigenvalue weighted by Crippen LogP contribution is -2.46. The fourth-order valence-corrected chi connectivity index (χ4v) is 5.60. The van der Waals surface area contributed by atoms with E-state index in [0.29, 0.717) is 12.1 Å². The molecule has 4 rings (SSSR count).